The van der Waals surface area contributed by atoms with Crippen molar-refractivity contribution >= 4 is 24.0 Å². The number of benzene rings is 1. The van der Waals surface area contributed by atoms with Crippen LogP contribution in [0.25, 0.3) is 6.08 Å². The fourth-order valence-electron chi connectivity index (χ4n) is 3.42. The van der Waals surface area contributed by atoms with Crippen LogP contribution in [0.2, 0.25) is 0 Å². The monoisotopic (exact) mass is 374 g/mol. The van der Waals surface area contributed by atoms with E-state index in [9.17, 15) is 14.4 Å². The smallest absolute Gasteiger partial charge is 0.341 e. The molecule has 0 unspecified atom stereocenters. The van der Waals surface area contributed by atoms with Gasteiger partial charge in [-0.2, -0.15) is 0 Å². The van der Waals surface area contributed by atoms with E-state index < -0.39 is 12.6 Å². The molecule has 0 radical (unpaired) electrons. The van der Waals surface area contributed by atoms with Crippen molar-refractivity contribution < 1.29 is 29.0 Å². The third-order valence-corrected chi connectivity index (χ3v) is 4.70. The molecule has 144 valence electrons. The molecular formula is C19H22N2O6. The van der Waals surface area contributed by atoms with Crippen LogP contribution >= 0.6 is 0 Å². The highest BCUT2D eigenvalue weighted by atomic mass is 16.5. The SMILES string of the molecule is COc1cc(/C=C2\NC(=O)N(C3CCCCC3)C2=O)ccc1OCC(=O)O. The van der Waals surface area contributed by atoms with E-state index in [1.807, 2.05) is 0 Å². The van der Waals surface area contributed by atoms with Crippen molar-refractivity contribution in [2.45, 2.75) is 38.1 Å². The van der Waals surface area contributed by atoms with Gasteiger partial charge in [-0.3, -0.25) is 9.69 Å². The van der Waals surface area contributed by atoms with Crippen LogP contribution in [0.1, 0.15) is 37.7 Å². The summed E-state index contributed by atoms with van der Waals surface area (Å²) in [7, 11) is 1.44. The zero-order valence-corrected chi connectivity index (χ0v) is 15.1. The average Bonchev–Trinajstić information content (AvgIpc) is 2.94. The minimum absolute atomic E-state index is 0.0431. The molecule has 1 aromatic carbocycles. The minimum Gasteiger partial charge on any atom is -0.493 e. The van der Waals surface area contributed by atoms with Crippen molar-refractivity contribution in [1.29, 1.82) is 0 Å². The first-order valence-electron chi connectivity index (χ1n) is 8.88. The first-order valence-corrected chi connectivity index (χ1v) is 8.88. The number of nitrogens with zero attached hydrogens (tertiary/aromatic N) is 1. The quantitative estimate of drug-likeness (QED) is 0.585. The van der Waals surface area contributed by atoms with Gasteiger partial charge in [0.25, 0.3) is 5.91 Å². The zero-order chi connectivity index (χ0) is 19.4. The number of hydrogen-bond donors (Lipinski definition) is 2. The van der Waals surface area contributed by atoms with Gasteiger partial charge in [0.15, 0.2) is 18.1 Å². The topological polar surface area (TPSA) is 105 Å². The molecule has 1 saturated carbocycles. The van der Waals surface area contributed by atoms with Crippen LogP contribution in [0, 0.1) is 0 Å². The van der Waals surface area contributed by atoms with Crippen molar-refractivity contribution in [3.05, 3.63) is 29.5 Å². The van der Waals surface area contributed by atoms with Gasteiger partial charge < -0.3 is 19.9 Å². The van der Waals surface area contributed by atoms with Gasteiger partial charge in [0.2, 0.25) is 0 Å². The molecule has 1 aromatic rings. The number of rotatable bonds is 6. The fourth-order valence-corrected chi connectivity index (χ4v) is 3.42. The largest absolute Gasteiger partial charge is 0.493 e. The molecular weight excluding hydrogens is 352 g/mol. The summed E-state index contributed by atoms with van der Waals surface area (Å²) in [5.74, 6) is -0.790. The highest BCUT2D eigenvalue weighted by Crippen LogP contribution is 2.30. The Hall–Kier alpha value is -3.03. The molecule has 0 bridgehead atoms. The number of methoxy groups -OCH3 is 1. The minimum atomic E-state index is -1.09. The summed E-state index contributed by atoms with van der Waals surface area (Å²) >= 11 is 0. The summed E-state index contributed by atoms with van der Waals surface area (Å²) in [6.07, 6.45) is 6.45. The van der Waals surface area contributed by atoms with Crippen molar-refractivity contribution in [2.24, 2.45) is 0 Å². The number of aliphatic carboxylic acids is 1. The number of carboxylic acid groups (broad SMARTS) is 1. The molecule has 8 nitrogen and oxygen atoms in total. The number of ether oxygens (including phenoxy) is 2. The average molecular weight is 374 g/mol. The lowest BCUT2D eigenvalue weighted by Crippen LogP contribution is -2.41. The summed E-state index contributed by atoms with van der Waals surface area (Å²) in [6.45, 7) is -0.484. The van der Waals surface area contributed by atoms with Crippen LogP contribution in [0.15, 0.2) is 23.9 Å². The number of nitrogens with one attached hydrogen (secondary N) is 1. The Kier molecular flexibility index (Phi) is 5.63. The molecule has 1 heterocycles. The molecule has 1 aliphatic carbocycles. The maximum Gasteiger partial charge on any atom is 0.341 e. The van der Waals surface area contributed by atoms with E-state index in [1.165, 1.54) is 12.0 Å². The third-order valence-electron chi connectivity index (χ3n) is 4.70. The molecule has 2 fully saturated rings. The van der Waals surface area contributed by atoms with E-state index >= 15 is 0 Å². The normalized spacial score (nSPS) is 19.3. The van der Waals surface area contributed by atoms with E-state index in [2.05, 4.69) is 5.32 Å². The van der Waals surface area contributed by atoms with Crippen LogP contribution in [0.4, 0.5) is 4.79 Å². The summed E-state index contributed by atoms with van der Waals surface area (Å²) < 4.78 is 10.4. The Bertz CT molecular complexity index is 782. The fraction of sp³-hybridized carbons (Fsp3) is 0.421. The molecule has 3 amide bonds. The second kappa shape index (κ2) is 8.11. The van der Waals surface area contributed by atoms with Gasteiger partial charge in [-0.1, -0.05) is 25.3 Å². The second-order valence-electron chi connectivity index (χ2n) is 6.55. The molecule has 8 heteroatoms. The van der Waals surface area contributed by atoms with Gasteiger partial charge in [0, 0.05) is 6.04 Å². The lowest BCUT2D eigenvalue weighted by molar-refractivity contribution is -0.139. The molecule has 1 aliphatic heterocycles. The lowest BCUT2D eigenvalue weighted by Gasteiger charge is -2.28. The van der Waals surface area contributed by atoms with E-state index in [0.29, 0.717) is 11.3 Å². The zero-order valence-electron chi connectivity index (χ0n) is 15.1. The van der Waals surface area contributed by atoms with Crippen LogP contribution in [0.5, 0.6) is 11.5 Å². The molecule has 27 heavy (non-hydrogen) atoms. The molecule has 0 aromatic heterocycles. The Morgan fingerprint density at radius 1 is 1.26 bits per heavy atom. The summed E-state index contributed by atoms with van der Waals surface area (Å²) in [5, 5.41) is 11.4. The van der Waals surface area contributed by atoms with Crippen molar-refractivity contribution in [3.8, 4) is 11.5 Å². The van der Waals surface area contributed by atoms with Crippen molar-refractivity contribution in [3.63, 3.8) is 0 Å². The molecule has 2 aliphatic rings. The molecule has 0 spiro atoms. The van der Waals surface area contributed by atoms with Gasteiger partial charge in [-0.05, 0) is 36.6 Å². The third kappa shape index (κ3) is 4.21. The number of urea groups is 1. The van der Waals surface area contributed by atoms with Gasteiger partial charge in [-0.25, -0.2) is 9.59 Å². The maximum absolute atomic E-state index is 12.7. The maximum atomic E-state index is 12.7. The van der Waals surface area contributed by atoms with E-state index in [0.717, 1.165) is 32.1 Å². The highest BCUT2D eigenvalue weighted by Gasteiger charge is 2.38. The number of carboxylic acids is 1. The predicted octanol–water partition coefficient (Wildman–Crippen LogP) is 2.38. The molecule has 0 atom stereocenters. The van der Waals surface area contributed by atoms with Crippen molar-refractivity contribution in [2.75, 3.05) is 13.7 Å². The number of carbonyl (C=O) groups excluding carboxylic acids is 2. The first kappa shape index (κ1) is 18.8. The standard InChI is InChI=1S/C19H22N2O6/c1-26-16-10-12(7-8-15(16)27-11-17(22)23)9-14-18(24)21(19(25)20-14)13-5-3-2-4-6-13/h7-10,13H,2-6,11H2,1H3,(H,20,25)(H,22,23)/b14-9-. The Morgan fingerprint density at radius 2 is 2.00 bits per heavy atom. The van der Waals surface area contributed by atoms with E-state index in [-0.39, 0.29) is 29.4 Å². The van der Waals surface area contributed by atoms with Crippen LogP contribution in [-0.2, 0) is 9.59 Å². The van der Waals surface area contributed by atoms with Crippen LogP contribution in [-0.4, -0.2) is 47.7 Å². The predicted molar refractivity (Wildman–Crippen MR) is 96.4 cm³/mol. The molecule has 1 saturated heterocycles. The summed E-state index contributed by atoms with van der Waals surface area (Å²) in [5.41, 5.74) is 0.843. The number of amides is 3. The van der Waals surface area contributed by atoms with Crippen molar-refractivity contribution in [1.82, 2.24) is 10.2 Å². The Morgan fingerprint density at radius 3 is 2.67 bits per heavy atom. The van der Waals surface area contributed by atoms with E-state index in [1.54, 1.807) is 24.3 Å². The molecule has 2 N–H and O–H groups in total. The lowest BCUT2D eigenvalue weighted by atomic mass is 9.94. The second-order valence-corrected chi connectivity index (χ2v) is 6.55. The van der Waals surface area contributed by atoms with Gasteiger partial charge >= 0.3 is 12.0 Å². The number of carbonyl (C=O) groups is 3. The van der Waals surface area contributed by atoms with Gasteiger partial charge in [0.1, 0.15) is 5.70 Å². The molecule has 3 rings (SSSR count). The highest BCUT2D eigenvalue weighted by molar-refractivity contribution is 6.14. The first-order chi connectivity index (χ1) is 13.0. The summed E-state index contributed by atoms with van der Waals surface area (Å²) in [4.78, 5) is 36.9. The van der Waals surface area contributed by atoms with Gasteiger partial charge in [-0.15, -0.1) is 0 Å². The summed E-state index contributed by atoms with van der Waals surface area (Å²) in [6, 6.07) is 4.42. The Labute approximate surface area is 156 Å². The van der Waals surface area contributed by atoms with Crippen LogP contribution in [0.3, 0.4) is 0 Å². The van der Waals surface area contributed by atoms with Gasteiger partial charge in [0.05, 0.1) is 7.11 Å². The Balaban J connectivity index is 1.78. The van der Waals surface area contributed by atoms with Crippen LogP contribution < -0.4 is 14.8 Å². The number of imide groups is 1. The number of hydrogen-bond acceptors (Lipinski definition) is 5. The van der Waals surface area contributed by atoms with E-state index in [4.69, 9.17) is 14.6 Å².